The summed E-state index contributed by atoms with van der Waals surface area (Å²) in [6.45, 7) is 1.62. The number of nitriles is 1. The van der Waals surface area contributed by atoms with E-state index in [0.29, 0.717) is 5.56 Å². The molecule has 0 aliphatic rings. The second-order valence-electron chi connectivity index (χ2n) is 2.39. The fourth-order valence-corrected chi connectivity index (χ4v) is 1.07. The van der Waals surface area contributed by atoms with Crippen LogP contribution in [-0.4, -0.2) is 0 Å². The third kappa shape index (κ3) is 1.21. The topological polar surface area (TPSA) is 49.8 Å². The van der Waals surface area contributed by atoms with Gasteiger partial charge in [-0.15, -0.1) is 0 Å². The molecule has 0 saturated heterocycles. The van der Waals surface area contributed by atoms with Crippen LogP contribution in [0, 0.1) is 24.1 Å². The van der Waals surface area contributed by atoms with E-state index in [-0.39, 0.29) is 16.3 Å². The molecular formula is C8H6ClFN2. The van der Waals surface area contributed by atoms with Crippen molar-refractivity contribution in [3.05, 3.63) is 28.0 Å². The molecule has 0 aliphatic heterocycles. The lowest BCUT2D eigenvalue weighted by Gasteiger charge is -2.04. The summed E-state index contributed by atoms with van der Waals surface area (Å²) in [4.78, 5) is 0. The predicted molar refractivity (Wildman–Crippen MR) is 45.3 cm³/mol. The van der Waals surface area contributed by atoms with Crippen molar-refractivity contribution in [3.63, 3.8) is 0 Å². The zero-order valence-electron chi connectivity index (χ0n) is 6.36. The van der Waals surface area contributed by atoms with Gasteiger partial charge in [-0.2, -0.15) is 5.26 Å². The summed E-state index contributed by atoms with van der Waals surface area (Å²) in [6, 6.07) is 2.96. The number of nitrogen functional groups attached to an aromatic ring is 1. The molecule has 1 aromatic rings. The second kappa shape index (κ2) is 3.00. The molecular weight excluding hydrogens is 179 g/mol. The van der Waals surface area contributed by atoms with Gasteiger partial charge < -0.3 is 5.73 Å². The molecule has 0 atom stereocenters. The lowest BCUT2D eigenvalue weighted by Crippen LogP contribution is -1.97. The Morgan fingerprint density at radius 3 is 2.75 bits per heavy atom. The van der Waals surface area contributed by atoms with Crippen LogP contribution >= 0.6 is 11.6 Å². The molecule has 12 heavy (non-hydrogen) atoms. The average molecular weight is 185 g/mol. The first-order valence-electron chi connectivity index (χ1n) is 3.22. The molecule has 0 saturated carbocycles. The quantitative estimate of drug-likeness (QED) is 0.629. The van der Waals surface area contributed by atoms with Crippen LogP contribution < -0.4 is 5.73 Å². The monoisotopic (exact) mass is 184 g/mol. The van der Waals surface area contributed by atoms with Gasteiger partial charge in [-0.05, 0) is 18.6 Å². The van der Waals surface area contributed by atoms with E-state index in [4.69, 9.17) is 22.6 Å². The summed E-state index contributed by atoms with van der Waals surface area (Å²) in [7, 11) is 0. The molecule has 0 unspecified atom stereocenters. The van der Waals surface area contributed by atoms with Crippen LogP contribution in [0.3, 0.4) is 0 Å². The molecule has 1 rings (SSSR count). The molecule has 0 radical (unpaired) electrons. The minimum absolute atomic E-state index is 0.00849. The van der Waals surface area contributed by atoms with E-state index >= 15 is 0 Å². The van der Waals surface area contributed by atoms with Crippen molar-refractivity contribution in [1.29, 1.82) is 5.26 Å². The molecule has 0 heterocycles. The van der Waals surface area contributed by atoms with E-state index in [2.05, 4.69) is 0 Å². The van der Waals surface area contributed by atoms with Gasteiger partial charge in [0.15, 0.2) is 0 Å². The lowest BCUT2D eigenvalue weighted by atomic mass is 10.1. The van der Waals surface area contributed by atoms with Crippen LogP contribution in [0.25, 0.3) is 0 Å². The Kier molecular flexibility index (Phi) is 2.20. The summed E-state index contributed by atoms with van der Waals surface area (Å²) in [5, 5.41) is 8.79. The Morgan fingerprint density at radius 1 is 1.67 bits per heavy atom. The highest BCUT2D eigenvalue weighted by atomic mass is 35.5. The standard InChI is InChI=1S/C8H6ClFN2/c1-4-2-6(10)8(12)5(3-11)7(4)9/h2H,12H2,1H3. The Labute approximate surface area is 74.4 Å². The maximum Gasteiger partial charge on any atom is 0.147 e. The molecule has 2 nitrogen and oxygen atoms in total. The van der Waals surface area contributed by atoms with Gasteiger partial charge in [0.2, 0.25) is 0 Å². The summed E-state index contributed by atoms with van der Waals surface area (Å²) < 4.78 is 12.9. The highest BCUT2D eigenvalue weighted by Crippen LogP contribution is 2.27. The van der Waals surface area contributed by atoms with E-state index in [9.17, 15) is 4.39 Å². The van der Waals surface area contributed by atoms with Crippen LogP contribution in [0.2, 0.25) is 5.02 Å². The second-order valence-corrected chi connectivity index (χ2v) is 2.77. The molecule has 4 heteroatoms. The van der Waals surface area contributed by atoms with Crippen molar-refractivity contribution in [1.82, 2.24) is 0 Å². The van der Waals surface area contributed by atoms with E-state index in [1.54, 1.807) is 13.0 Å². The van der Waals surface area contributed by atoms with Crippen LogP contribution in [0.1, 0.15) is 11.1 Å². The highest BCUT2D eigenvalue weighted by molar-refractivity contribution is 6.32. The fraction of sp³-hybridized carbons (Fsp3) is 0.125. The van der Waals surface area contributed by atoms with Gasteiger partial charge in [0.1, 0.15) is 11.9 Å². The highest BCUT2D eigenvalue weighted by Gasteiger charge is 2.11. The summed E-state index contributed by atoms with van der Waals surface area (Å²) in [5.41, 5.74) is 5.62. The normalized spacial score (nSPS) is 9.50. The number of nitrogens with zero attached hydrogens (tertiary/aromatic N) is 1. The first-order chi connectivity index (χ1) is 5.57. The molecule has 0 bridgehead atoms. The number of hydrogen-bond acceptors (Lipinski definition) is 2. The SMILES string of the molecule is Cc1cc(F)c(N)c(C#N)c1Cl. The molecule has 0 fully saturated rings. The van der Waals surface area contributed by atoms with Crippen molar-refractivity contribution in [2.75, 3.05) is 5.73 Å². The van der Waals surface area contributed by atoms with Gasteiger partial charge in [0, 0.05) is 0 Å². The van der Waals surface area contributed by atoms with Crippen LogP contribution in [0.15, 0.2) is 6.07 Å². The zero-order chi connectivity index (χ0) is 9.30. The number of benzene rings is 1. The van der Waals surface area contributed by atoms with Gasteiger partial charge in [-0.25, -0.2) is 4.39 Å². The lowest BCUT2D eigenvalue weighted by molar-refractivity contribution is 0.631. The smallest absolute Gasteiger partial charge is 0.147 e. The van der Waals surface area contributed by atoms with Crippen LogP contribution in [0.4, 0.5) is 10.1 Å². The maximum absolute atomic E-state index is 12.9. The number of anilines is 1. The van der Waals surface area contributed by atoms with Gasteiger partial charge in [-0.3, -0.25) is 0 Å². The molecule has 1 aromatic carbocycles. The molecule has 0 amide bonds. The third-order valence-electron chi connectivity index (χ3n) is 1.55. The Balaban J connectivity index is 3.56. The predicted octanol–water partition coefficient (Wildman–Crippen LogP) is 2.24. The first kappa shape index (κ1) is 8.82. The number of aryl methyl sites for hydroxylation is 1. The molecule has 2 N–H and O–H groups in total. The summed E-state index contributed by atoms with van der Waals surface area (Å²) >= 11 is 5.70. The summed E-state index contributed by atoms with van der Waals surface area (Å²) in [6.07, 6.45) is 0. The van der Waals surface area contributed by atoms with Gasteiger partial charge >= 0.3 is 0 Å². The van der Waals surface area contributed by atoms with E-state index in [1.165, 1.54) is 6.07 Å². The van der Waals surface area contributed by atoms with Crippen molar-refractivity contribution >= 4 is 17.3 Å². The Morgan fingerprint density at radius 2 is 2.25 bits per heavy atom. The molecule has 0 aliphatic carbocycles. The van der Waals surface area contributed by atoms with Crippen molar-refractivity contribution in [2.24, 2.45) is 0 Å². The van der Waals surface area contributed by atoms with Gasteiger partial charge in [-0.1, -0.05) is 11.6 Å². The summed E-state index contributed by atoms with van der Waals surface area (Å²) in [5.74, 6) is -0.603. The number of nitrogens with two attached hydrogens (primary N) is 1. The first-order valence-corrected chi connectivity index (χ1v) is 3.60. The van der Waals surface area contributed by atoms with E-state index in [1.807, 2.05) is 0 Å². The van der Waals surface area contributed by atoms with E-state index < -0.39 is 5.82 Å². The molecule has 62 valence electrons. The molecule has 0 spiro atoms. The minimum atomic E-state index is -0.603. The maximum atomic E-state index is 12.9. The van der Waals surface area contributed by atoms with Crippen LogP contribution in [-0.2, 0) is 0 Å². The molecule has 0 aromatic heterocycles. The largest absolute Gasteiger partial charge is 0.395 e. The Bertz CT molecular complexity index is 342. The Hall–Kier alpha value is -1.27. The van der Waals surface area contributed by atoms with Crippen LogP contribution in [0.5, 0.6) is 0 Å². The van der Waals surface area contributed by atoms with Crippen molar-refractivity contribution in [2.45, 2.75) is 6.92 Å². The number of halogens is 2. The number of hydrogen-bond donors (Lipinski definition) is 1. The van der Waals surface area contributed by atoms with Gasteiger partial charge in [0.05, 0.1) is 16.3 Å². The third-order valence-corrected chi connectivity index (χ3v) is 2.03. The minimum Gasteiger partial charge on any atom is -0.395 e. The average Bonchev–Trinajstić information content (AvgIpc) is 2.02. The van der Waals surface area contributed by atoms with Crippen molar-refractivity contribution in [3.8, 4) is 6.07 Å². The fourth-order valence-electron chi connectivity index (χ4n) is 0.875. The zero-order valence-corrected chi connectivity index (χ0v) is 7.11. The van der Waals surface area contributed by atoms with Crippen molar-refractivity contribution < 1.29 is 4.39 Å². The number of rotatable bonds is 0. The van der Waals surface area contributed by atoms with E-state index in [0.717, 1.165) is 0 Å². The van der Waals surface area contributed by atoms with Gasteiger partial charge in [0.25, 0.3) is 0 Å².